The van der Waals surface area contributed by atoms with Gasteiger partial charge in [0.05, 0.1) is 12.9 Å². The van der Waals surface area contributed by atoms with Crippen LogP contribution in [0.2, 0.25) is 0 Å². The zero-order chi connectivity index (χ0) is 15.2. The van der Waals surface area contributed by atoms with E-state index in [9.17, 15) is 8.42 Å². The van der Waals surface area contributed by atoms with E-state index in [2.05, 4.69) is 4.72 Å². The molecule has 0 aliphatic carbocycles. The van der Waals surface area contributed by atoms with Gasteiger partial charge in [-0.05, 0) is 18.6 Å². The van der Waals surface area contributed by atoms with Crippen molar-refractivity contribution >= 4 is 21.5 Å². The fourth-order valence-electron chi connectivity index (χ4n) is 1.63. The molecule has 0 heterocycles. The van der Waals surface area contributed by atoms with Gasteiger partial charge in [0.15, 0.2) is 0 Å². The van der Waals surface area contributed by atoms with Gasteiger partial charge in [-0.25, -0.2) is 8.42 Å². The van der Waals surface area contributed by atoms with E-state index >= 15 is 0 Å². The van der Waals surface area contributed by atoms with Gasteiger partial charge in [-0.1, -0.05) is 6.07 Å². The van der Waals surface area contributed by atoms with Gasteiger partial charge in [-0.3, -0.25) is 10.1 Å². The summed E-state index contributed by atoms with van der Waals surface area (Å²) in [7, 11) is -0.631. The Morgan fingerprint density at radius 1 is 1.40 bits per heavy atom. The molecule has 112 valence electrons. The van der Waals surface area contributed by atoms with Crippen molar-refractivity contribution < 1.29 is 17.9 Å². The van der Waals surface area contributed by atoms with E-state index in [4.69, 9.17) is 20.6 Å². The van der Waals surface area contributed by atoms with E-state index in [0.29, 0.717) is 18.8 Å². The number of sulfonamides is 1. The van der Waals surface area contributed by atoms with E-state index in [1.165, 1.54) is 14.2 Å². The molecule has 0 bridgehead atoms. The molecule has 0 fully saturated rings. The molecular weight excluding hydrogens is 282 g/mol. The zero-order valence-electron chi connectivity index (χ0n) is 11.5. The molecule has 8 heteroatoms. The molecule has 0 aliphatic heterocycles. The Hall–Kier alpha value is -1.80. The molecule has 0 saturated heterocycles. The van der Waals surface area contributed by atoms with Crippen LogP contribution in [-0.4, -0.2) is 40.8 Å². The Labute approximate surface area is 118 Å². The van der Waals surface area contributed by atoms with Crippen molar-refractivity contribution in [2.45, 2.75) is 6.42 Å². The highest BCUT2D eigenvalue weighted by atomic mass is 32.2. The number of ether oxygens (including phenoxy) is 2. The molecular formula is C12H19N3O4S. The molecule has 0 amide bonds. The lowest BCUT2D eigenvalue weighted by atomic mass is 10.1. The molecule has 0 unspecified atom stereocenters. The summed E-state index contributed by atoms with van der Waals surface area (Å²) in [4.78, 5) is 0. The summed E-state index contributed by atoms with van der Waals surface area (Å²) < 4.78 is 36.3. The third kappa shape index (κ3) is 4.39. The first-order valence-electron chi connectivity index (χ1n) is 5.92. The van der Waals surface area contributed by atoms with E-state index in [1.54, 1.807) is 18.2 Å². The Morgan fingerprint density at radius 3 is 2.65 bits per heavy atom. The normalized spacial score (nSPS) is 11.1. The lowest BCUT2D eigenvalue weighted by Gasteiger charge is -2.15. The van der Waals surface area contributed by atoms with Gasteiger partial charge in [0, 0.05) is 19.3 Å². The SMILES string of the molecule is COCCCS(=O)(=O)Nc1c(OC)cccc1C(=N)N. The van der Waals surface area contributed by atoms with Crippen molar-refractivity contribution in [1.82, 2.24) is 0 Å². The van der Waals surface area contributed by atoms with E-state index in [1.807, 2.05) is 0 Å². The summed E-state index contributed by atoms with van der Waals surface area (Å²) >= 11 is 0. The first-order valence-corrected chi connectivity index (χ1v) is 7.57. The third-order valence-corrected chi connectivity index (χ3v) is 3.90. The van der Waals surface area contributed by atoms with E-state index in [0.717, 1.165) is 0 Å². The molecule has 0 aliphatic rings. The van der Waals surface area contributed by atoms with Gasteiger partial charge in [0.2, 0.25) is 10.0 Å². The average molecular weight is 301 g/mol. The standard InChI is InChI=1S/C12H19N3O4S/c1-18-7-4-8-20(16,17)15-11-9(12(13)14)5-3-6-10(11)19-2/h3,5-6,15H,4,7-8H2,1-2H3,(H3,13,14). The number of para-hydroxylation sites is 1. The number of benzene rings is 1. The maximum absolute atomic E-state index is 12.0. The Bertz CT molecular complexity index is 572. The van der Waals surface area contributed by atoms with Crippen molar-refractivity contribution in [3.05, 3.63) is 23.8 Å². The van der Waals surface area contributed by atoms with Gasteiger partial charge in [-0.2, -0.15) is 0 Å². The summed E-state index contributed by atoms with van der Waals surface area (Å²) in [5.41, 5.74) is 5.91. The van der Waals surface area contributed by atoms with Crippen LogP contribution in [0.1, 0.15) is 12.0 Å². The van der Waals surface area contributed by atoms with Crippen LogP contribution in [0.15, 0.2) is 18.2 Å². The number of rotatable bonds is 8. The summed E-state index contributed by atoms with van der Waals surface area (Å²) in [6.45, 7) is 0.354. The molecule has 1 rings (SSSR count). The molecule has 1 aromatic rings. The lowest BCUT2D eigenvalue weighted by molar-refractivity contribution is 0.199. The van der Waals surface area contributed by atoms with E-state index in [-0.39, 0.29) is 22.8 Å². The van der Waals surface area contributed by atoms with Crippen LogP contribution in [0.4, 0.5) is 5.69 Å². The number of hydrogen-bond donors (Lipinski definition) is 3. The van der Waals surface area contributed by atoms with Crippen molar-refractivity contribution in [3.63, 3.8) is 0 Å². The first-order chi connectivity index (χ1) is 9.41. The van der Waals surface area contributed by atoms with Gasteiger partial charge in [0.1, 0.15) is 17.3 Å². The maximum atomic E-state index is 12.0. The number of anilines is 1. The predicted molar refractivity (Wildman–Crippen MR) is 77.9 cm³/mol. The smallest absolute Gasteiger partial charge is 0.232 e. The molecule has 7 nitrogen and oxygen atoms in total. The Morgan fingerprint density at radius 2 is 2.10 bits per heavy atom. The summed E-state index contributed by atoms with van der Waals surface area (Å²) in [5, 5.41) is 7.49. The quantitative estimate of drug-likeness (QED) is 0.372. The largest absolute Gasteiger partial charge is 0.495 e. The van der Waals surface area contributed by atoms with Crippen molar-refractivity contribution in [3.8, 4) is 5.75 Å². The minimum atomic E-state index is -3.56. The topological polar surface area (TPSA) is 115 Å². The number of amidine groups is 1. The van der Waals surface area contributed by atoms with Gasteiger partial charge in [-0.15, -0.1) is 0 Å². The monoisotopic (exact) mass is 301 g/mol. The fraction of sp³-hybridized carbons (Fsp3) is 0.417. The van der Waals surface area contributed by atoms with Crippen molar-refractivity contribution in [1.29, 1.82) is 5.41 Å². The first kappa shape index (κ1) is 16.3. The van der Waals surface area contributed by atoms with Crippen LogP contribution in [0.3, 0.4) is 0 Å². The lowest BCUT2D eigenvalue weighted by Crippen LogP contribution is -2.21. The molecule has 0 radical (unpaired) electrons. The highest BCUT2D eigenvalue weighted by molar-refractivity contribution is 7.92. The molecule has 0 spiro atoms. The van der Waals surface area contributed by atoms with Crippen LogP contribution >= 0.6 is 0 Å². The van der Waals surface area contributed by atoms with E-state index < -0.39 is 10.0 Å². The maximum Gasteiger partial charge on any atom is 0.232 e. The predicted octanol–water partition coefficient (Wildman–Crippen LogP) is 0.757. The minimum Gasteiger partial charge on any atom is -0.495 e. The second-order valence-electron chi connectivity index (χ2n) is 4.06. The second-order valence-corrected chi connectivity index (χ2v) is 5.91. The molecule has 0 saturated carbocycles. The molecule has 0 aromatic heterocycles. The number of nitrogens with two attached hydrogens (primary N) is 1. The number of hydrogen-bond acceptors (Lipinski definition) is 5. The number of nitrogen functional groups attached to an aromatic ring is 1. The van der Waals surface area contributed by atoms with Crippen molar-refractivity contribution in [2.24, 2.45) is 5.73 Å². The van der Waals surface area contributed by atoms with Crippen molar-refractivity contribution in [2.75, 3.05) is 31.3 Å². The Kier molecular flexibility index (Phi) is 5.78. The van der Waals surface area contributed by atoms with Crippen LogP contribution in [0, 0.1) is 5.41 Å². The zero-order valence-corrected chi connectivity index (χ0v) is 12.3. The van der Waals surface area contributed by atoms with Crippen LogP contribution in [0.25, 0.3) is 0 Å². The molecule has 0 atom stereocenters. The highest BCUT2D eigenvalue weighted by Gasteiger charge is 2.17. The van der Waals surface area contributed by atoms with Crippen LogP contribution in [0.5, 0.6) is 5.75 Å². The third-order valence-electron chi connectivity index (χ3n) is 2.56. The van der Waals surface area contributed by atoms with Gasteiger partial charge < -0.3 is 15.2 Å². The van der Waals surface area contributed by atoms with Crippen LogP contribution in [-0.2, 0) is 14.8 Å². The summed E-state index contributed by atoms with van der Waals surface area (Å²) in [5.74, 6) is -0.0116. The molecule has 4 N–H and O–H groups in total. The minimum absolute atomic E-state index is 0.0871. The molecule has 20 heavy (non-hydrogen) atoms. The highest BCUT2D eigenvalue weighted by Crippen LogP contribution is 2.29. The van der Waals surface area contributed by atoms with Crippen LogP contribution < -0.4 is 15.2 Å². The summed E-state index contributed by atoms with van der Waals surface area (Å²) in [6, 6.07) is 4.79. The summed E-state index contributed by atoms with van der Waals surface area (Å²) in [6.07, 6.45) is 0.371. The number of methoxy groups -OCH3 is 2. The average Bonchev–Trinajstić information content (AvgIpc) is 2.38. The Balaban J connectivity index is 3.04. The number of nitrogens with one attached hydrogen (secondary N) is 2. The van der Waals surface area contributed by atoms with Gasteiger partial charge in [0.25, 0.3) is 0 Å². The van der Waals surface area contributed by atoms with Gasteiger partial charge >= 0.3 is 0 Å². The fourth-order valence-corrected chi connectivity index (χ4v) is 2.75. The second kappa shape index (κ2) is 7.11. The molecule has 1 aromatic carbocycles.